The molecule has 7 heteroatoms. The monoisotopic (exact) mass is 325 g/mol. The molecule has 2 rings (SSSR count). The third kappa shape index (κ3) is 3.66. The molecule has 0 radical (unpaired) electrons. The van der Waals surface area contributed by atoms with Crippen molar-refractivity contribution < 1.29 is 13.2 Å². The quantitative estimate of drug-likeness (QED) is 0.842. The molecule has 0 bridgehead atoms. The molecule has 1 saturated heterocycles. The molecule has 1 aromatic carbocycles. The Morgan fingerprint density at radius 1 is 1.41 bits per heavy atom. The SMILES string of the molecule is CC1CCCCN1S(=O)(=O)c1cccc(C(=O)NCCN)c1. The molecule has 1 aromatic rings. The number of hydrogen-bond acceptors (Lipinski definition) is 4. The third-order valence-corrected chi connectivity index (χ3v) is 5.88. The van der Waals surface area contributed by atoms with Crippen molar-refractivity contribution in [3.63, 3.8) is 0 Å². The molecule has 1 atom stereocenters. The van der Waals surface area contributed by atoms with Crippen LogP contribution in [0.4, 0.5) is 0 Å². The molecular formula is C15H23N3O3S. The Hall–Kier alpha value is -1.44. The Labute approximate surface area is 131 Å². The zero-order valence-electron chi connectivity index (χ0n) is 12.8. The standard InChI is InChI=1S/C15H23N3O3S/c1-12-5-2-3-10-18(12)22(20,21)14-7-4-6-13(11-14)15(19)17-9-8-16/h4,6-7,11-12H,2-3,5,8-10,16H2,1H3,(H,17,19). The molecule has 1 aliphatic rings. The highest BCUT2D eigenvalue weighted by Gasteiger charge is 2.31. The molecule has 0 aromatic heterocycles. The summed E-state index contributed by atoms with van der Waals surface area (Å²) in [7, 11) is -3.56. The molecule has 0 spiro atoms. The number of sulfonamides is 1. The number of amides is 1. The minimum absolute atomic E-state index is 0.00604. The molecule has 6 nitrogen and oxygen atoms in total. The maximum absolute atomic E-state index is 12.8. The highest BCUT2D eigenvalue weighted by molar-refractivity contribution is 7.89. The number of carbonyl (C=O) groups excluding carboxylic acids is 1. The third-order valence-electron chi connectivity index (χ3n) is 3.87. The van der Waals surface area contributed by atoms with Crippen LogP contribution in [0, 0.1) is 0 Å². The molecule has 1 unspecified atom stereocenters. The van der Waals surface area contributed by atoms with Crippen LogP contribution in [0.5, 0.6) is 0 Å². The van der Waals surface area contributed by atoms with Gasteiger partial charge in [0.2, 0.25) is 10.0 Å². The van der Waals surface area contributed by atoms with Crippen molar-refractivity contribution in [1.29, 1.82) is 0 Å². The van der Waals surface area contributed by atoms with E-state index >= 15 is 0 Å². The van der Waals surface area contributed by atoms with Crippen LogP contribution in [0.25, 0.3) is 0 Å². The predicted octanol–water partition coefficient (Wildman–Crippen LogP) is 0.938. The summed E-state index contributed by atoms with van der Waals surface area (Å²) in [6, 6.07) is 6.16. The van der Waals surface area contributed by atoms with Gasteiger partial charge in [-0.2, -0.15) is 4.31 Å². The first-order valence-corrected chi connectivity index (χ1v) is 9.01. The number of hydrogen-bond donors (Lipinski definition) is 2. The second-order valence-corrected chi connectivity index (χ2v) is 7.42. The summed E-state index contributed by atoms with van der Waals surface area (Å²) in [5.41, 5.74) is 5.68. The van der Waals surface area contributed by atoms with E-state index in [1.165, 1.54) is 16.4 Å². The molecular weight excluding hydrogens is 302 g/mol. The average Bonchev–Trinajstić information content (AvgIpc) is 2.53. The fourth-order valence-electron chi connectivity index (χ4n) is 2.65. The molecule has 1 aliphatic heterocycles. The lowest BCUT2D eigenvalue weighted by Crippen LogP contribution is -2.42. The van der Waals surface area contributed by atoms with E-state index in [0.29, 0.717) is 25.2 Å². The van der Waals surface area contributed by atoms with Crippen molar-refractivity contribution in [2.75, 3.05) is 19.6 Å². The Morgan fingerprint density at radius 3 is 2.86 bits per heavy atom. The van der Waals surface area contributed by atoms with Gasteiger partial charge >= 0.3 is 0 Å². The van der Waals surface area contributed by atoms with Gasteiger partial charge in [0.05, 0.1) is 4.90 Å². The first-order valence-electron chi connectivity index (χ1n) is 7.57. The lowest BCUT2D eigenvalue weighted by atomic mass is 10.1. The van der Waals surface area contributed by atoms with Gasteiger partial charge in [-0.05, 0) is 38.0 Å². The first kappa shape index (κ1) is 16.9. The molecule has 0 saturated carbocycles. The lowest BCUT2D eigenvalue weighted by molar-refractivity contribution is 0.0954. The van der Waals surface area contributed by atoms with Gasteiger partial charge in [0.15, 0.2) is 0 Å². The van der Waals surface area contributed by atoms with Gasteiger partial charge in [-0.25, -0.2) is 8.42 Å². The molecule has 3 N–H and O–H groups in total. The lowest BCUT2D eigenvalue weighted by Gasteiger charge is -2.32. The Bertz CT molecular complexity index is 631. The minimum atomic E-state index is -3.56. The van der Waals surface area contributed by atoms with E-state index < -0.39 is 10.0 Å². The van der Waals surface area contributed by atoms with Crippen LogP contribution in [0.15, 0.2) is 29.2 Å². The summed E-state index contributed by atoms with van der Waals surface area (Å²) in [4.78, 5) is 12.1. The second kappa shape index (κ2) is 7.21. The second-order valence-electron chi connectivity index (χ2n) is 5.53. The van der Waals surface area contributed by atoms with E-state index in [-0.39, 0.29) is 16.8 Å². The van der Waals surface area contributed by atoms with Crippen LogP contribution in [0.1, 0.15) is 36.5 Å². The highest BCUT2D eigenvalue weighted by atomic mass is 32.2. The van der Waals surface area contributed by atoms with E-state index in [4.69, 9.17) is 5.73 Å². The Morgan fingerprint density at radius 2 is 2.18 bits per heavy atom. The van der Waals surface area contributed by atoms with E-state index in [9.17, 15) is 13.2 Å². The number of nitrogens with zero attached hydrogens (tertiary/aromatic N) is 1. The average molecular weight is 325 g/mol. The van der Waals surface area contributed by atoms with Gasteiger partial charge in [-0.15, -0.1) is 0 Å². The topological polar surface area (TPSA) is 92.5 Å². The number of nitrogens with one attached hydrogen (secondary N) is 1. The van der Waals surface area contributed by atoms with Gasteiger partial charge in [0, 0.05) is 31.2 Å². The van der Waals surface area contributed by atoms with Crippen LogP contribution < -0.4 is 11.1 Å². The van der Waals surface area contributed by atoms with Crippen LogP contribution in [-0.4, -0.2) is 44.3 Å². The summed E-state index contributed by atoms with van der Waals surface area (Å²) >= 11 is 0. The van der Waals surface area contributed by atoms with Crippen molar-refractivity contribution in [2.45, 2.75) is 37.1 Å². The maximum atomic E-state index is 12.8. The van der Waals surface area contributed by atoms with Gasteiger partial charge in [-0.1, -0.05) is 12.5 Å². The van der Waals surface area contributed by atoms with Gasteiger partial charge in [0.25, 0.3) is 5.91 Å². The number of rotatable bonds is 5. The van der Waals surface area contributed by atoms with Crippen molar-refractivity contribution >= 4 is 15.9 Å². The van der Waals surface area contributed by atoms with Gasteiger partial charge in [0.1, 0.15) is 0 Å². The van der Waals surface area contributed by atoms with Crippen molar-refractivity contribution in [1.82, 2.24) is 9.62 Å². The van der Waals surface area contributed by atoms with E-state index in [2.05, 4.69) is 5.32 Å². The molecule has 1 heterocycles. The van der Waals surface area contributed by atoms with Crippen LogP contribution in [0.3, 0.4) is 0 Å². The van der Waals surface area contributed by atoms with Crippen LogP contribution in [0.2, 0.25) is 0 Å². The zero-order valence-corrected chi connectivity index (χ0v) is 13.6. The van der Waals surface area contributed by atoms with Gasteiger partial charge in [-0.3, -0.25) is 4.79 Å². The summed E-state index contributed by atoms with van der Waals surface area (Å²) in [5, 5.41) is 2.64. The Kier molecular flexibility index (Phi) is 5.55. The summed E-state index contributed by atoms with van der Waals surface area (Å²) in [5.74, 6) is -0.311. The van der Waals surface area contributed by atoms with E-state index in [0.717, 1.165) is 19.3 Å². The van der Waals surface area contributed by atoms with Crippen molar-refractivity contribution in [3.8, 4) is 0 Å². The minimum Gasteiger partial charge on any atom is -0.351 e. The predicted molar refractivity (Wildman–Crippen MR) is 85.0 cm³/mol. The van der Waals surface area contributed by atoms with Crippen molar-refractivity contribution in [2.24, 2.45) is 5.73 Å². The maximum Gasteiger partial charge on any atom is 0.251 e. The normalized spacial score (nSPS) is 19.8. The van der Waals surface area contributed by atoms with Crippen molar-refractivity contribution in [3.05, 3.63) is 29.8 Å². The Balaban J connectivity index is 2.26. The van der Waals surface area contributed by atoms with Crippen LogP contribution >= 0.6 is 0 Å². The smallest absolute Gasteiger partial charge is 0.251 e. The number of carbonyl (C=O) groups is 1. The molecule has 122 valence electrons. The number of nitrogens with two attached hydrogens (primary N) is 1. The van der Waals surface area contributed by atoms with E-state index in [1.54, 1.807) is 12.1 Å². The first-order chi connectivity index (χ1) is 10.5. The van der Waals surface area contributed by atoms with Crippen LogP contribution in [-0.2, 0) is 10.0 Å². The summed E-state index contributed by atoms with van der Waals surface area (Å²) < 4.78 is 27.1. The molecule has 0 aliphatic carbocycles. The number of piperidine rings is 1. The summed E-state index contributed by atoms with van der Waals surface area (Å²) in [6.07, 6.45) is 2.80. The number of benzene rings is 1. The fourth-order valence-corrected chi connectivity index (χ4v) is 4.40. The zero-order chi connectivity index (χ0) is 16.2. The van der Waals surface area contributed by atoms with E-state index in [1.807, 2.05) is 6.92 Å². The highest BCUT2D eigenvalue weighted by Crippen LogP contribution is 2.25. The summed E-state index contributed by atoms with van der Waals surface area (Å²) in [6.45, 7) is 3.16. The fraction of sp³-hybridized carbons (Fsp3) is 0.533. The molecule has 1 amide bonds. The van der Waals surface area contributed by atoms with Gasteiger partial charge < -0.3 is 11.1 Å². The largest absolute Gasteiger partial charge is 0.351 e. The molecule has 1 fully saturated rings. The molecule has 22 heavy (non-hydrogen) atoms.